The first-order chi connectivity index (χ1) is 15.6. The molecule has 0 aromatic heterocycles. The van der Waals surface area contributed by atoms with Crippen molar-refractivity contribution in [3.05, 3.63) is 46.6 Å². The van der Waals surface area contributed by atoms with E-state index in [9.17, 15) is 10.1 Å². The molecule has 0 unspecified atom stereocenters. The van der Waals surface area contributed by atoms with Crippen LogP contribution in [0.5, 0.6) is 11.5 Å². The minimum absolute atomic E-state index is 0.000276. The SMILES string of the molecule is CCOc1cc([C@H]2C(C#N)=C(N)OC3=C2C(=O)CCC3)ccc1OCCN1CCOCC1. The van der Waals surface area contributed by atoms with Gasteiger partial charge in [-0.15, -0.1) is 0 Å². The lowest BCUT2D eigenvalue weighted by atomic mass is 9.77. The molecule has 1 aliphatic carbocycles. The van der Waals surface area contributed by atoms with Gasteiger partial charge in [0.1, 0.15) is 24.0 Å². The molecule has 2 N–H and O–H groups in total. The molecule has 170 valence electrons. The molecule has 32 heavy (non-hydrogen) atoms. The fourth-order valence-corrected chi connectivity index (χ4v) is 4.39. The Morgan fingerprint density at radius 1 is 1.22 bits per heavy atom. The van der Waals surface area contributed by atoms with Gasteiger partial charge in [0.25, 0.3) is 0 Å². The van der Waals surface area contributed by atoms with Crippen molar-refractivity contribution in [2.75, 3.05) is 46.1 Å². The number of nitrogens with two attached hydrogens (primary N) is 1. The molecule has 4 rings (SSSR count). The Hall–Kier alpha value is -3.02. The Labute approximate surface area is 188 Å². The first kappa shape index (κ1) is 22.2. The van der Waals surface area contributed by atoms with Crippen molar-refractivity contribution in [3.8, 4) is 17.6 Å². The van der Waals surface area contributed by atoms with Gasteiger partial charge in [-0.25, -0.2) is 0 Å². The average Bonchev–Trinajstić information content (AvgIpc) is 2.80. The van der Waals surface area contributed by atoms with Gasteiger partial charge in [0.2, 0.25) is 5.88 Å². The average molecular weight is 440 g/mol. The maximum Gasteiger partial charge on any atom is 0.205 e. The zero-order valence-corrected chi connectivity index (χ0v) is 18.4. The highest BCUT2D eigenvalue weighted by Crippen LogP contribution is 2.45. The van der Waals surface area contributed by atoms with Gasteiger partial charge in [-0.1, -0.05) is 6.07 Å². The number of carbonyl (C=O) groups is 1. The number of nitriles is 1. The number of rotatable bonds is 7. The van der Waals surface area contributed by atoms with Gasteiger partial charge < -0.3 is 24.7 Å². The van der Waals surface area contributed by atoms with E-state index in [4.69, 9.17) is 24.7 Å². The maximum atomic E-state index is 12.8. The zero-order chi connectivity index (χ0) is 22.5. The second-order valence-electron chi connectivity index (χ2n) is 7.98. The molecule has 1 aromatic carbocycles. The summed E-state index contributed by atoms with van der Waals surface area (Å²) in [5.74, 6) is 1.30. The van der Waals surface area contributed by atoms with E-state index >= 15 is 0 Å². The summed E-state index contributed by atoms with van der Waals surface area (Å²) in [6, 6.07) is 7.71. The van der Waals surface area contributed by atoms with E-state index in [0.717, 1.165) is 44.8 Å². The Kier molecular flexibility index (Phi) is 6.98. The Morgan fingerprint density at radius 3 is 2.78 bits per heavy atom. The van der Waals surface area contributed by atoms with E-state index in [-0.39, 0.29) is 17.2 Å². The van der Waals surface area contributed by atoms with E-state index in [1.807, 2.05) is 25.1 Å². The first-order valence-corrected chi connectivity index (χ1v) is 11.2. The summed E-state index contributed by atoms with van der Waals surface area (Å²) in [6.07, 6.45) is 1.80. The van der Waals surface area contributed by atoms with E-state index in [0.29, 0.717) is 48.9 Å². The van der Waals surface area contributed by atoms with Crippen molar-refractivity contribution in [1.29, 1.82) is 5.26 Å². The quantitative estimate of drug-likeness (QED) is 0.691. The third-order valence-corrected chi connectivity index (χ3v) is 5.97. The third-order valence-electron chi connectivity index (χ3n) is 5.97. The normalized spacial score (nSPS) is 21.6. The lowest BCUT2D eigenvalue weighted by Gasteiger charge is -2.31. The van der Waals surface area contributed by atoms with Crippen LogP contribution in [-0.4, -0.2) is 56.7 Å². The monoisotopic (exact) mass is 439 g/mol. The molecule has 0 spiro atoms. The van der Waals surface area contributed by atoms with Crippen LogP contribution in [0.15, 0.2) is 41.0 Å². The second-order valence-corrected chi connectivity index (χ2v) is 7.98. The minimum atomic E-state index is -0.557. The third kappa shape index (κ3) is 4.59. The molecule has 0 bridgehead atoms. The molecular weight excluding hydrogens is 410 g/mol. The molecule has 8 heteroatoms. The summed E-state index contributed by atoms with van der Waals surface area (Å²) >= 11 is 0. The number of ketones is 1. The summed E-state index contributed by atoms with van der Waals surface area (Å²) in [5.41, 5.74) is 7.60. The zero-order valence-electron chi connectivity index (χ0n) is 18.4. The first-order valence-electron chi connectivity index (χ1n) is 11.2. The minimum Gasteiger partial charge on any atom is -0.490 e. The van der Waals surface area contributed by atoms with Crippen LogP contribution in [0, 0.1) is 11.3 Å². The number of nitrogens with zero attached hydrogens (tertiary/aromatic N) is 2. The molecule has 2 heterocycles. The van der Waals surface area contributed by atoms with Gasteiger partial charge in [0.05, 0.1) is 25.7 Å². The van der Waals surface area contributed by atoms with E-state index in [2.05, 4.69) is 11.0 Å². The van der Waals surface area contributed by atoms with Gasteiger partial charge in [-0.2, -0.15) is 5.26 Å². The van der Waals surface area contributed by atoms with Crippen LogP contribution in [0.4, 0.5) is 0 Å². The Morgan fingerprint density at radius 2 is 2.03 bits per heavy atom. The fraction of sp³-hybridized carbons (Fsp3) is 0.500. The molecule has 2 aliphatic heterocycles. The molecule has 0 radical (unpaired) electrons. The molecule has 0 saturated carbocycles. The number of morpholine rings is 1. The predicted molar refractivity (Wildman–Crippen MR) is 117 cm³/mol. The van der Waals surface area contributed by atoms with Crippen LogP contribution in [0.3, 0.4) is 0 Å². The molecule has 1 saturated heterocycles. The van der Waals surface area contributed by atoms with Gasteiger partial charge in [0, 0.05) is 38.0 Å². The molecule has 8 nitrogen and oxygen atoms in total. The molecule has 1 fully saturated rings. The van der Waals surface area contributed by atoms with E-state index < -0.39 is 5.92 Å². The molecule has 3 aliphatic rings. The number of benzene rings is 1. The van der Waals surface area contributed by atoms with Crippen molar-refractivity contribution < 1.29 is 23.7 Å². The highest BCUT2D eigenvalue weighted by atomic mass is 16.5. The lowest BCUT2D eigenvalue weighted by Crippen LogP contribution is -2.38. The largest absolute Gasteiger partial charge is 0.490 e. The Balaban J connectivity index is 1.60. The van der Waals surface area contributed by atoms with Crippen molar-refractivity contribution >= 4 is 5.78 Å². The molecule has 1 aromatic rings. The number of allylic oxidation sites excluding steroid dienone is 3. The summed E-state index contributed by atoms with van der Waals surface area (Å²) in [5, 5.41) is 9.77. The van der Waals surface area contributed by atoms with Crippen molar-refractivity contribution in [3.63, 3.8) is 0 Å². The highest BCUT2D eigenvalue weighted by molar-refractivity contribution is 5.99. The van der Waals surface area contributed by atoms with Crippen LogP contribution < -0.4 is 15.2 Å². The van der Waals surface area contributed by atoms with Crippen LogP contribution in [0.2, 0.25) is 0 Å². The second kappa shape index (κ2) is 10.1. The fourth-order valence-electron chi connectivity index (χ4n) is 4.39. The number of carbonyl (C=O) groups excluding carboxylic acids is 1. The number of ether oxygens (including phenoxy) is 4. The summed E-state index contributed by atoms with van der Waals surface area (Å²) in [7, 11) is 0. The highest BCUT2D eigenvalue weighted by Gasteiger charge is 2.38. The predicted octanol–water partition coefficient (Wildman–Crippen LogP) is 2.61. The van der Waals surface area contributed by atoms with E-state index in [1.165, 1.54) is 0 Å². The van der Waals surface area contributed by atoms with Crippen molar-refractivity contribution in [2.24, 2.45) is 5.73 Å². The van der Waals surface area contributed by atoms with Crippen LogP contribution in [-0.2, 0) is 14.3 Å². The van der Waals surface area contributed by atoms with Gasteiger partial charge in [-0.3, -0.25) is 9.69 Å². The molecule has 1 atom stereocenters. The lowest BCUT2D eigenvalue weighted by molar-refractivity contribution is -0.116. The molecule has 0 amide bonds. The summed E-state index contributed by atoms with van der Waals surface area (Å²) < 4.78 is 22.9. The molecular formula is C24H29N3O5. The van der Waals surface area contributed by atoms with Gasteiger partial charge in [0.15, 0.2) is 17.3 Å². The van der Waals surface area contributed by atoms with Crippen LogP contribution in [0.25, 0.3) is 0 Å². The van der Waals surface area contributed by atoms with Gasteiger partial charge in [-0.05, 0) is 31.0 Å². The van der Waals surface area contributed by atoms with E-state index in [1.54, 1.807) is 0 Å². The number of hydrogen-bond acceptors (Lipinski definition) is 8. The smallest absolute Gasteiger partial charge is 0.205 e. The number of hydrogen-bond donors (Lipinski definition) is 1. The van der Waals surface area contributed by atoms with Crippen LogP contribution in [0.1, 0.15) is 37.7 Å². The number of Topliss-reactive ketones (excluding diaryl/α,β-unsaturated/α-hetero) is 1. The Bertz CT molecular complexity index is 972. The van der Waals surface area contributed by atoms with Crippen LogP contribution >= 0.6 is 0 Å². The van der Waals surface area contributed by atoms with Gasteiger partial charge >= 0.3 is 0 Å². The standard InChI is InChI=1S/C24H29N3O5/c1-2-30-21-14-16(6-7-19(21)31-13-10-27-8-11-29-12-9-27)22-17(15-25)24(26)32-20-5-3-4-18(28)23(20)22/h6-7,14,22H,2-5,8-13,26H2,1H3/t22-/m0/s1. The summed E-state index contributed by atoms with van der Waals surface area (Å²) in [6.45, 7) is 7.01. The maximum absolute atomic E-state index is 12.8. The van der Waals surface area contributed by atoms with Crippen molar-refractivity contribution in [2.45, 2.75) is 32.1 Å². The van der Waals surface area contributed by atoms with Crippen molar-refractivity contribution in [1.82, 2.24) is 4.90 Å². The topological polar surface area (TPSA) is 107 Å². The summed E-state index contributed by atoms with van der Waals surface area (Å²) in [4.78, 5) is 15.1.